The van der Waals surface area contributed by atoms with E-state index in [0.717, 1.165) is 32.4 Å². The topological polar surface area (TPSA) is 88.6 Å². The highest BCUT2D eigenvalue weighted by Crippen LogP contribution is 2.15. The number of piperidine rings is 1. The van der Waals surface area contributed by atoms with E-state index in [9.17, 15) is 14.4 Å². The third-order valence-corrected chi connectivity index (χ3v) is 4.43. The number of hydrogen-bond acceptors (Lipinski definition) is 5. The summed E-state index contributed by atoms with van der Waals surface area (Å²) in [5.74, 6) is -1.02. The molecule has 0 atom stereocenters. The molecule has 1 aliphatic rings. The molecule has 7 heteroatoms. The number of likely N-dealkylation sites (tertiary alicyclic amines) is 1. The molecular weight excluding hydrogens is 346 g/mol. The number of esters is 1. The standard InChI is InChI=1S/C20H21N3O4/c1-27-20(26)15-6-5-7-16(12-15)22-18(24)14-8-9-21-17(13-14)19(25)23-10-3-2-4-11-23/h5-9,12-13H,2-4,10-11H2,1H3,(H,22,24). The lowest BCUT2D eigenvalue weighted by molar-refractivity contribution is 0.0600. The molecule has 1 fully saturated rings. The van der Waals surface area contributed by atoms with Crippen LogP contribution in [0.3, 0.4) is 0 Å². The fourth-order valence-corrected chi connectivity index (χ4v) is 2.99. The average molecular weight is 367 g/mol. The molecule has 1 N–H and O–H groups in total. The van der Waals surface area contributed by atoms with E-state index >= 15 is 0 Å². The third kappa shape index (κ3) is 4.49. The number of ether oxygens (including phenoxy) is 1. The number of amides is 2. The average Bonchev–Trinajstić information content (AvgIpc) is 2.73. The first kappa shape index (κ1) is 18.6. The van der Waals surface area contributed by atoms with Crippen LogP contribution in [0.1, 0.15) is 50.5 Å². The van der Waals surface area contributed by atoms with Gasteiger partial charge in [0.15, 0.2) is 0 Å². The fourth-order valence-electron chi connectivity index (χ4n) is 2.99. The second kappa shape index (κ2) is 8.44. The number of anilines is 1. The van der Waals surface area contributed by atoms with Crippen molar-refractivity contribution >= 4 is 23.5 Å². The van der Waals surface area contributed by atoms with E-state index in [4.69, 9.17) is 0 Å². The smallest absolute Gasteiger partial charge is 0.337 e. The first-order valence-corrected chi connectivity index (χ1v) is 8.83. The van der Waals surface area contributed by atoms with Crippen LogP contribution in [0.5, 0.6) is 0 Å². The number of nitrogens with one attached hydrogen (secondary N) is 1. The molecule has 27 heavy (non-hydrogen) atoms. The monoisotopic (exact) mass is 367 g/mol. The second-order valence-electron chi connectivity index (χ2n) is 6.31. The number of carbonyl (C=O) groups is 3. The summed E-state index contributed by atoms with van der Waals surface area (Å²) >= 11 is 0. The van der Waals surface area contributed by atoms with Gasteiger partial charge in [-0.05, 0) is 49.6 Å². The Labute approximate surface area is 157 Å². The van der Waals surface area contributed by atoms with Gasteiger partial charge in [0.05, 0.1) is 12.7 Å². The fraction of sp³-hybridized carbons (Fsp3) is 0.300. The van der Waals surface area contributed by atoms with Gasteiger partial charge in [0.2, 0.25) is 0 Å². The van der Waals surface area contributed by atoms with Crippen LogP contribution < -0.4 is 5.32 Å². The van der Waals surface area contributed by atoms with Crippen LogP contribution in [0.4, 0.5) is 5.69 Å². The molecule has 2 heterocycles. The molecule has 1 aromatic heterocycles. The van der Waals surface area contributed by atoms with Gasteiger partial charge >= 0.3 is 5.97 Å². The summed E-state index contributed by atoms with van der Waals surface area (Å²) in [4.78, 5) is 42.6. The highest BCUT2D eigenvalue weighted by atomic mass is 16.5. The van der Waals surface area contributed by atoms with Gasteiger partial charge in [-0.15, -0.1) is 0 Å². The van der Waals surface area contributed by atoms with Crippen LogP contribution in [-0.2, 0) is 4.74 Å². The minimum absolute atomic E-state index is 0.156. The van der Waals surface area contributed by atoms with Crippen molar-refractivity contribution in [2.24, 2.45) is 0 Å². The van der Waals surface area contributed by atoms with Crippen molar-refractivity contribution in [2.45, 2.75) is 19.3 Å². The Morgan fingerprint density at radius 2 is 1.81 bits per heavy atom. The highest BCUT2D eigenvalue weighted by Gasteiger charge is 2.20. The zero-order valence-electron chi connectivity index (χ0n) is 15.1. The minimum atomic E-state index is -0.482. The van der Waals surface area contributed by atoms with Gasteiger partial charge in [-0.2, -0.15) is 0 Å². The highest BCUT2D eigenvalue weighted by molar-refractivity contribution is 6.06. The Kier molecular flexibility index (Phi) is 5.80. The maximum atomic E-state index is 12.6. The van der Waals surface area contributed by atoms with E-state index in [1.807, 2.05) is 0 Å². The number of benzene rings is 1. The number of hydrogen-bond donors (Lipinski definition) is 1. The zero-order valence-corrected chi connectivity index (χ0v) is 15.1. The molecule has 0 unspecified atom stereocenters. The third-order valence-electron chi connectivity index (χ3n) is 4.43. The first-order valence-electron chi connectivity index (χ1n) is 8.83. The van der Waals surface area contributed by atoms with E-state index in [-0.39, 0.29) is 17.5 Å². The largest absolute Gasteiger partial charge is 0.465 e. The molecule has 7 nitrogen and oxygen atoms in total. The summed E-state index contributed by atoms with van der Waals surface area (Å²) in [5, 5.41) is 2.72. The maximum Gasteiger partial charge on any atom is 0.337 e. The number of methoxy groups -OCH3 is 1. The van der Waals surface area contributed by atoms with Gasteiger partial charge in [0, 0.05) is 30.5 Å². The number of nitrogens with zero attached hydrogens (tertiary/aromatic N) is 2. The van der Waals surface area contributed by atoms with E-state index in [2.05, 4.69) is 15.0 Å². The van der Waals surface area contributed by atoms with Gasteiger partial charge in [-0.3, -0.25) is 14.6 Å². The summed E-state index contributed by atoms with van der Waals surface area (Å²) in [7, 11) is 1.30. The molecule has 1 aliphatic heterocycles. The van der Waals surface area contributed by atoms with Crippen LogP contribution in [0.15, 0.2) is 42.6 Å². The molecule has 3 rings (SSSR count). The summed E-state index contributed by atoms with van der Waals surface area (Å²) < 4.78 is 4.68. The summed E-state index contributed by atoms with van der Waals surface area (Å²) in [5.41, 5.74) is 1.39. The predicted molar refractivity (Wildman–Crippen MR) is 99.7 cm³/mol. The molecule has 0 spiro atoms. The molecule has 2 amide bonds. The Balaban J connectivity index is 1.74. The van der Waals surface area contributed by atoms with Gasteiger partial charge < -0.3 is 15.0 Å². The molecule has 0 bridgehead atoms. The van der Waals surface area contributed by atoms with Gasteiger partial charge in [0.1, 0.15) is 5.69 Å². The summed E-state index contributed by atoms with van der Waals surface area (Å²) in [6.07, 6.45) is 4.56. The number of carbonyl (C=O) groups excluding carboxylic acids is 3. The molecule has 1 saturated heterocycles. The Morgan fingerprint density at radius 1 is 1.04 bits per heavy atom. The van der Waals surface area contributed by atoms with Crippen LogP contribution in [0, 0.1) is 0 Å². The van der Waals surface area contributed by atoms with E-state index in [1.54, 1.807) is 29.2 Å². The number of pyridine rings is 1. The van der Waals surface area contributed by atoms with Gasteiger partial charge in [0.25, 0.3) is 11.8 Å². The summed E-state index contributed by atoms with van der Waals surface area (Å²) in [6, 6.07) is 9.50. The molecular formula is C20H21N3O4. The van der Waals surface area contributed by atoms with Crippen LogP contribution >= 0.6 is 0 Å². The van der Waals surface area contributed by atoms with E-state index < -0.39 is 5.97 Å². The van der Waals surface area contributed by atoms with Crippen molar-refractivity contribution < 1.29 is 19.1 Å². The van der Waals surface area contributed by atoms with Crippen LogP contribution in [0.25, 0.3) is 0 Å². The van der Waals surface area contributed by atoms with Crippen molar-refractivity contribution in [3.8, 4) is 0 Å². The van der Waals surface area contributed by atoms with E-state index in [0.29, 0.717) is 16.8 Å². The zero-order chi connectivity index (χ0) is 19.2. The molecule has 0 radical (unpaired) electrons. The lowest BCUT2D eigenvalue weighted by Crippen LogP contribution is -2.36. The summed E-state index contributed by atoms with van der Waals surface area (Å²) in [6.45, 7) is 1.44. The lowest BCUT2D eigenvalue weighted by Gasteiger charge is -2.26. The molecule has 140 valence electrons. The molecule has 1 aromatic carbocycles. The van der Waals surface area contributed by atoms with Crippen molar-refractivity contribution in [3.05, 3.63) is 59.4 Å². The molecule has 0 aliphatic carbocycles. The second-order valence-corrected chi connectivity index (χ2v) is 6.31. The van der Waals surface area contributed by atoms with E-state index in [1.165, 1.54) is 25.4 Å². The SMILES string of the molecule is COC(=O)c1cccc(NC(=O)c2ccnc(C(=O)N3CCCCC3)c2)c1. The maximum absolute atomic E-state index is 12.6. The van der Waals surface area contributed by atoms with Gasteiger partial charge in [-0.25, -0.2) is 4.79 Å². The van der Waals surface area contributed by atoms with Crippen molar-refractivity contribution in [1.82, 2.24) is 9.88 Å². The number of rotatable bonds is 4. The minimum Gasteiger partial charge on any atom is -0.465 e. The first-order chi connectivity index (χ1) is 13.1. The Bertz CT molecular complexity index is 860. The normalized spacial score (nSPS) is 13.7. The Hall–Kier alpha value is -3.22. The van der Waals surface area contributed by atoms with Crippen LogP contribution in [-0.4, -0.2) is 47.9 Å². The van der Waals surface area contributed by atoms with Crippen molar-refractivity contribution in [2.75, 3.05) is 25.5 Å². The van der Waals surface area contributed by atoms with Crippen LogP contribution in [0.2, 0.25) is 0 Å². The van der Waals surface area contributed by atoms with Gasteiger partial charge in [-0.1, -0.05) is 6.07 Å². The van der Waals surface area contributed by atoms with Crippen molar-refractivity contribution in [3.63, 3.8) is 0 Å². The predicted octanol–water partition coefficient (Wildman–Crippen LogP) is 2.75. The molecule has 2 aromatic rings. The number of aromatic nitrogens is 1. The van der Waals surface area contributed by atoms with Crippen molar-refractivity contribution in [1.29, 1.82) is 0 Å². The lowest BCUT2D eigenvalue weighted by atomic mass is 10.1. The molecule has 0 saturated carbocycles. The quantitative estimate of drug-likeness (QED) is 0.840. The Morgan fingerprint density at radius 3 is 2.56 bits per heavy atom.